The summed E-state index contributed by atoms with van der Waals surface area (Å²) in [6.07, 6.45) is 12.1. The molecule has 0 heterocycles. The Morgan fingerprint density at radius 3 is 1.81 bits per heavy atom. The number of hydrogen-bond acceptors (Lipinski definition) is 3. The Hall–Kier alpha value is -0.750. The van der Waals surface area contributed by atoms with Crippen LogP contribution in [-0.2, 0) is 9.53 Å². The van der Waals surface area contributed by atoms with Gasteiger partial charge in [0.2, 0.25) is 5.92 Å². The maximum Gasteiger partial charge on any atom is 0.303 e. The van der Waals surface area contributed by atoms with E-state index in [-0.39, 0.29) is 12.8 Å². The van der Waals surface area contributed by atoms with Crippen LogP contribution < -0.4 is 0 Å². The molecule has 4 nitrogen and oxygen atoms in total. The normalized spacial score (nSPS) is 14.4. The van der Waals surface area contributed by atoms with Crippen molar-refractivity contribution in [3.63, 3.8) is 0 Å². The average molecular weight is 455 g/mol. The lowest BCUT2D eigenvalue weighted by atomic mass is 10.1. The van der Waals surface area contributed by atoms with Gasteiger partial charge in [0, 0.05) is 25.9 Å². The van der Waals surface area contributed by atoms with Gasteiger partial charge in [0.25, 0.3) is 0 Å². The third-order valence-corrected chi connectivity index (χ3v) is 4.81. The highest BCUT2D eigenvalue weighted by Gasteiger charge is 2.25. The third kappa shape index (κ3) is 36.9. The molecule has 190 valence electrons. The first-order chi connectivity index (χ1) is 14.6. The Balaban J connectivity index is -0.000000345. The van der Waals surface area contributed by atoms with Gasteiger partial charge in [0.1, 0.15) is 0 Å². The number of carboxylic acids is 1. The van der Waals surface area contributed by atoms with E-state index in [9.17, 15) is 13.6 Å². The van der Waals surface area contributed by atoms with E-state index < -0.39 is 18.2 Å². The Bertz CT molecular complexity index is 357. The average Bonchev–Trinajstić information content (AvgIpc) is 3.16. The van der Waals surface area contributed by atoms with Crippen LogP contribution in [0.5, 0.6) is 0 Å². The van der Waals surface area contributed by atoms with Crippen molar-refractivity contribution in [3.8, 4) is 0 Å². The zero-order valence-electron chi connectivity index (χ0n) is 21.2. The molecule has 0 bridgehead atoms. The van der Waals surface area contributed by atoms with Crippen LogP contribution in [-0.4, -0.2) is 35.0 Å². The summed E-state index contributed by atoms with van der Waals surface area (Å²) in [5, 5.41) is 16.5. The largest absolute Gasteiger partial charge is 0.481 e. The van der Waals surface area contributed by atoms with Crippen LogP contribution in [0, 0.1) is 5.92 Å². The third-order valence-electron chi connectivity index (χ3n) is 4.81. The fourth-order valence-corrected chi connectivity index (χ4v) is 3.00. The molecule has 31 heavy (non-hydrogen) atoms. The smallest absolute Gasteiger partial charge is 0.303 e. The van der Waals surface area contributed by atoms with Crippen molar-refractivity contribution in [3.05, 3.63) is 0 Å². The van der Waals surface area contributed by atoms with Crippen LogP contribution in [0.25, 0.3) is 0 Å². The molecule has 0 aromatic carbocycles. The predicted octanol–water partition coefficient (Wildman–Crippen LogP) is 8.21. The van der Waals surface area contributed by atoms with E-state index in [0.717, 1.165) is 31.6 Å². The molecule has 1 aliphatic carbocycles. The molecular weight excluding hydrogens is 402 g/mol. The van der Waals surface area contributed by atoms with Gasteiger partial charge in [-0.15, -0.1) is 0 Å². The van der Waals surface area contributed by atoms with Crippen LogP contribution in [0.3, 0.4) is 0 Å². The fraction of sp³-hybridized carbons (Fsp3) is 0.960. The topological polar surface area (TPSA) is 66.8 Å². The van der Waals surface area contributed by atoms with E-state index in [1.54, 1.807) is 13.8 Å². The Morgan fingerprint density at radius 1 is 0.968 bits per heavy atom. The molecular formula is C25H52F2O4. The van der Waals surface area contributed by atoms with Crippen LogP contribution in [0.15, 0.2) is 0 Å². The lowest BCUT2D eigenvalue weighted by Crippen LogP contribution is -2.14. The minimum Gasteiger partial charge on any atom is -0.481 e. The molecule has 1 unspecified atom stereocenters. The van der Waals surface area contributed by atoms with Gasteiger partial charge in [-0.3, -0.25) is 4.79 Å². The summed E-state index contributed by atoms with van der Waals surface area (Å²) in [6, 6.07) is 0. The second-order valence-corrected chi connectivity index (χ2v) is 8.36. The molecule has 1 atom stereocenters. The minimum absolute atomic E-state index is 0.0486. The van der Waals surface area contributed by atoms with Crippen molar-refractivity contribution >= 4 is 5.97 Å². The molecule has 0 aromatic heterocycles. The first kappa shape index (κ1) is 34.9. The van der Waals surface area contributed by atoms with Gasteiger partial charge in [-0.25, -0.2) is 8.78 Å². The first-order valence-corrected chi connectivity index (χ1v) is 12.4. The molecule has 0 amide bonds. The molecule has 6 heteroatoms. The van der Waals surface area contributed by atoms with Crippen molar-refractivity contribution in [1.82, 2.24) is 0 Å². The molecule has 2 N–H and O–H groups in total. The molecule has 1 saturated carbocycles. The zero-order valence-corrected chi connectivity index (χ0v) is 21.2. The maximum atomic E-state index is 12.6. The highest BCUT2D eigenvalue weighted by Crippen LogP contribution is 2.26. The zero-order chi connectivity index (χ0) is 24.5. The molecule has 0 aliphatic heterocycles. The molecule has 0 saturated heterocycles. The van der Waals surface area contributed by atoms with E-state index in [1.807, 2.05) is 13.8 Å². The lowest BCUT2D eigenvalue weighted by molar-refractivity contribution is -0.137. The van der Waals surface area contributed by atoms with Gasteiger partial charge in [-0.05, 0) is 32.6 Å². The standard InChI is InChI=1S/C8H16F2.C7H14O2.C6H12.C4H10O2/c1-3-5-7-8(9,10)6-4-2;1-2-3-4-5-6-7(8)9;1-6-4-2-3-5-6;1-3-6-4(2)5/h3-7H2,1-2H3;2-6H2,1H3,(H,8,9);6H,2-5H2,1H3;4-5H,3H2,1-2H3. The number of unbranched alkanes of at least 4 members (excludes halogenated alkanes) is 4. The second-order valence-electron chi connectivity index (χ2n) is 8.36. The number of carboxylic acid groups (broad SMARTS) is 1. The summed E-state index contributed by atoms with van der Waals surface area (Å²) in [5.74, 6) is -2.03. The maximum absolute atomic E-state index is 12.6. The van der Waals surface area contributed by atoms with E-state index in [4.69, 9.17) is 10.2 Å². The lowest BCUT2D eigenvalue weighted by Gasteiger charge is -2.13. The summed E-state index contributed by atoms with van der Waals surface area (Å²) < 4.78 is 29.8. The first-order valence-electron chi connectivity index (χ1n) is 12.4. The van der Waals surface area contributed by atoms with Crippen molar-refractivity contribution in [2.75, 3.05) is 6.61 Å². The number of hydrogen-bond donors (Lipinski definition) is 2. The molecule has 1 aliphatic rings. The fourth-order valence-electron chi connectivity index (χ4n) is 3.00. The molecule has 1 rings (SSSR count). The summed E-state index contributed by atoms with van der Waals surface area (Å²) in [7, 11) is 0. The summed E-state index contributed by atoms with van der Waals surface area (Å²) >= 11 is 0. The predicted molar refractivity (Wildman–Crippen MR) is 127 cm³/mol. The van der Waals surface area contributed by atoms with Gasteiger partial charge < -0.3 is 14.9 Å². The number of carbonyl (C=O) groups is 1. The van der Waals surface area contributed by atoms with E-state index in [0.29, 0.717) is 25.9 Å². The quantitative estimate of drug-likeness (QED) is 0.230. The molecule has 0 radical (unpaired) electrons. The van der Waals surface area contributed by atoms with Crippen molar-refractivity contribution in [1.29, 1.82) is 0 Å². The number of halogens is 2. The molecule has 0 aromatic rings. The van der Waals surface area contributed by atoms with Crippen molar-refractivity contribution in [2.24, 2.45) is 5.92 Å². The van der Waals surface area contributed by atoms with E-state index >= 15 is 0 Å². The SMILES string of the molecule is CC1CCCC1.CCCCC(F)(F)CCC.CCCCCCC(=O)O.CCOC(C)O. The van der Waals surface area contributed by atoms with Gasteiger partial charge in [-0.1, -0.05) is 85.5 Å². The highest BCUT2D eigenvalue weighted by atomic mass is 19.3. The van der Waals surface area contributed by atoms with Crippen LogP contribution in [0.1, 0.15) is 131 Å². The Morgan fingerprint density at radius 2 is 1.52 bits per heavy atom. The van der Waals surface area contributed by atoms with Crippen molar-refractivity contribution in [2.45, 2.75) is 144 Å². The monoisotopic (exact) mass is 454 g/mol. The Labute approximate surface area is 191 Å². The number of alkyl halides is 2. The summed E-state index contributed by atoms with van der Waals surface area (Å²) in [5.41, 5.74) is 0. The van der Waals surface area contributed by atoms with E-state index in [1.165, 1.54) is 32.1 Å². The number of aliphatic carboxylic acids is 1. The van der Waals surface area contributed by atoms with Gasteiger partial charge in [0.05, 0.1) is 0 Å². The second kappa shape index (κ2) is 25.5. The molecule has 0 spiro atoms. The van der Waals surface area contributed by atoms with E-state index in [2.05, 4.69) is 18.6 Å². The van der Waals surface area contributed by atoms with Crippen LogP contribution in [0.4, 0.5) is 8.78 Å². The minimum atomic E-state index is -2.40. The van der Waals surface area contributed by atoms with Gasteiger partial charge >= 0.3 is 5.97 Å². The Kier molecular flexibility index (Phi) is 28.7. The number of aliphatic hydroxyl groups excluding tert-OH is 1. The van der Waals surface area contributed by atoms with Crippen LogP contribution in [0.2, 0.25) is 0 Å². The number of rotatable bonds is 12. The number of ether oxygens (including phenoxy) is 1. The van der Waals surface area contributed by atoms with Crippen LogP contribution >= 0.6 is 0 Å². The highest BCUT2D eigenvalue weighted by molar-refractivity contribution is 5.66. The number of aliphatic hydroxyl groups is 1. The molecule has 1 fully saturated rings. The summed E-state index contributed by atoms with van der Waals surface area (Å²) in [4.78, 5) is 9.96. The van der Waals surface area contributed by atoms with Crippen molar-refractivity contribution < 1.29 is 28.5 Å². The summed E-state index contributed by atoms with van der Waals surface area (Å²) in [6.45, 7) is 12.2. The van der Waals surface area contributed by atoms with Gasteiger partial charge in [0.15, 0.2) is 6.29 Å². The van der Waals surface area contributed by atoms with Gasteiger partial charge in [-0.2, -0.15) is 0 Å².